The van der Waals surface area contributed by atoms with Crippen LogP contribution >= 0.6 is 0 Å². The number of rotatable bonds is 4. The first-order valence-corrected chi connectivity index (χ1v) is 5.73. The molecule has 1 aromatic heterocycles. The highest BCUT2D eigenvalue weighted by Gasteiger charge is 2.23. The van der Waals surface area contributed by atoms with Gasteiger partial charge in [-0.2, -0.15) is 0 Å². The first kappa shape index (κ1) is 13.6. The predicted octanol–water partition coefficient (Wildman–Crippen LogP) is 0.557. The lowest BCUT2D eigenvalue weighted by Gasteiger charge is -2.17. The summed E-state index contributed by atoms with van der Waals surface area (Å²) < 4.78 is 0. The summed E-state index contributed by atoms with van der Waals surface area (Å²) in [6.45, 7) is 8.60. The zero-order valence-electron chi connectivity index (χ0n) is 10.8. The van der Waals surface area contributed by atoms with Gasteiger partial charge in [0.05, 0.1) is 6.61 Å². The molecule has 17 heavy (non-hydrogen) atoms. The van der Waals surface area contributed by atoms with Crippen LogP contribution in [0.25, 0.3) is 0 Å². The summed E-state index contributed by atoms with van der Waals surface area (Å²) in [5.41, 5.74) is -0.167. The Morgan fingerprint density at radius 2 is 2.12 bits per heavy atom. The van der Waals surface area contributed by atoms with Gasteiger partial charge < -0.3 is 10.0 Å². The van der Waals surface area contributed by atoms with Gasteiger partial charge in [-0.15, -0.1) is 5.10 Å². The molecule has 0 atom stereocenters. The lowest BCUT2D eigenvalue weighted by atomic mass is 9.96. The van der Waals surface area contributed by atoms with Crippen LogP contribution in [-0.4, -0.2) is 50.8 Å². The molecule has 0 spiro atoms. The predicted molar refractivity (Wildman–Crippen MR) is 63.7 cm³/mol. The van der Waals surface area contributed by atoms with Crippen LogP contribution in [0.5, 0.6) is 0 Å². The molecule has 0 saturated carbocycles. The molecule has 0 bridgehead atoms. The maximum absolute atomic E-state index is 12.0. The van der Waals surface area contributed by atoms with Gasteiger partial charge in [0.1, 0.15) is 5.82 Å². The van der Waals surface area contributed by atoms with Gasteiger partial charge >= 0.3 is 0 Å². The van der Waals surface area contributed by atoms with Crippen LogP contribution in [-0.2, 0) is 5.41 Å². The lowest BCUT2D eigenvalue weighted by molar-refractivity contribution is 0.0720. The maximum Gasteiger partial charge on any atom is 0.293 e. The van der Waals surface area contributed by atoms with E-state index in [9.17, 15) is 4.79 Å². The molecule has 1 rings (SSSR count). The molecule has 2 N–H and O–H groups in total. The normalized spacial score (nSPS) is 11.6. The highest BCUT2D eigenvalue weighted by atomic mass is 16.3. The second kappa shape index (κ2) is 5.27. The van der Waals surface area contributed by atoms with E-state index in [0.29, 0.717) is 18.9 Å². The molecule has 1 aromatic rings. The lowest BCUT2D eigenvalue weighted by Crippen LogP contribution is -2.34. The number of aliphatic hydroxyl groups is 1. The van der Waals surface area contributed by atoms with E-state index in [1.165, 1.54) is 4.90 Å². The number of carbonyl (C=O) groups excluding carboxylic acids is 1. The quantitative estimate of drug-likeness (QED) is 0.805. The van der Waals surface area contributed by atoms with Gasteiger partial charge in [-0.3, -0.25) is 9.89 Å². The van der Waals surface area contributed by atoms with Crippen molar-refractivity contribution in [2.75, 3.05) is 19.7 Å². The molecule has 0 unspecified atom stereocenters. The molecule has 0 saturated heterocycles. The van der Waals surface area contributed by atoms with Crippen molar-refractivity contribution in [1.82, 2.24) is 20.1 Å². The molecule has 0 aliphatic heterocycles. The van der Waals surface area contributed by atoms with Crippen LogP contribution in [0.4, 0.5) is 0 Å². The number of aliphatic hydroxyl groups excluding tert-OH is 1. The number of aromatic amines is 1. The fourth-order valence-electron chi connectivity index (χ4n) is 1.36. The Kier molecular flexibility index (Phi) is 4.22. The summed E-state index contributed by atoms with van der Waals surface area (Å²) in [6, 6.07) is 0. The Bertz CT molecular complexity index is 381. The minimum atomic E-state index is -0.256. The number of nitrogens with one attached hydrogen (secondary N) is 1. The van der Waals surface area contributed by atoms with Gasteiger partial charge in [-0.05, 0) is 6.92 Å². The second-order valence-corrected chi connectivity index (χ2v) is 4.87. The summed E-state index contributed by atoms with van der Waals surface area (Å²) >= 11 is 0. The largest absolute Gasteiger partial charge is 0.395 e. The molecular formula is C11H20N4O2. The van der Waals surface area contributed by atoms with E-state index in [4.69, 9.17) is 5.11 Å². The summed E-state index contributed by atoms with van der Waals surface area (Å²) in [5.74, 6) is 0.583. The third-order valence-corrected chi connectivity index (χ3v) is 2.43. The number of hydrogen-bond acceptors (Lipinski definition) is 4. The fourth-order valence-corrected chi connectivity index (χ4v) is 1.36. The molecule has 6 nitrogen and oxygen atoms in total. The fraction of sp³-hybridized carbons (Fsp3) is 0.727. The van der Waals surface area contributed by atoms with E-state index in [-0.39, 0.29) is 23.8 Å². The summed E-state index contributed by atoms with van der Waals surface area (Å²) in [5, 5.41) is 15.6. The van der Waals surface area contributed by atoms with Crippen LogP contribution < -0.4 is 0 Å². The van der Waals surface area contributed by atoms with Crippen molar-refractivity contribution in [2.24, 2.45) is 0 Å². The number of carbonyl (C=O) groups is 1. The van der Waals surface area contributed by atoms with E-state index in [1.807, 2.05) is 27.7 Å². The minimum Gasteiger partial charge on any atom is -0.395 e. The van der Waals surface area contributed by atoms with Gasteiger partial charge in [-0.25, -0.2) is 4.98 Å². The van der Waals surface area contributed by atoms with Crippen molar-refractivity contribution in [2.45, 2.75) is 33.1 Å². The highest BCUT2D eigenvalue weighted by Crippen LogP contribution is 2.17. The average molecular weight is 240 g/mol. The summed E-state index contributed by atoms with van der Waals surface area (Å²) in [6.07, 6.45) is 0. The molecule has 0 radical (unpaired) electrons. The molecule has 0 aliphatic rings. The van der Waals surface area contributed by atoms with E-state index in [1.54, 1.807) is 0 Å². The minimum absolute atomic E-state index is 0.0594. The van der Waals surface area contributed by atoms with Gasteiger partial charge in [0.15, 0.2) is 0 Å². The van der Waals surface area contributed by atoms with Gasteiger partial charge in [-0.1, -0.05) is 20.8 Å². The van der Waals surface area contributed by atoms with E-state index in [0.717, 1.165) is 0 Å². The van der Waals surface area contributed by atoms with E-state index in [2.05, 4.69) is 15.2 Å². The molecule has 6 heteroatoms. The average Bonchev–Trinajstić information content (AvgIpc) is 2.73. The number of likely N-dealkylation sites (N-methyl/N-ethyl adjacent to an activating group) is 1. The highest BCUT2D eigenvalue weighted by molar-refractivity contribution is 5.90. The molecule has 0 fully saturated rings. The number of nitrogens with zero attached hydrogens (tertiary/aromatic N) is 3. The van der Waals surface area contributed by atoms with E-state index < -0.39 is 0 Å². The topological polar surface area (TPSA) is 82.1 Å². The standard InChI is InChI=1S/C11H20N4O2/c1-5-15(6-7-16)9(17)8-12-10(14-13-8)11(2,3)4/h16H,5-7H2,1-4H3,(H,12,13,14). The van der Waals surface area contributed by atoms with Gasteiger partial charge in [0.25, 0.3) is 5.91 Å². The van der Waals surface area contributed by atoms with Crippen molar-refractivity contribution in [3.63, 3.8) is 0 Å². The van der Waals surface area contributed by atoms with Crippen LogP contribution in [0.1, 0.15) is 44.1 Å². The number of aromatic nitrogens is 3. The number of hydrogen-bond donors (Lipinski definition) is 2. The summed E-state index contributed by atoms with van der Waals surface area (Å²) in [7, 11) is 0. The van der Waals surface area contributed by atoms with E-state index >= 15 is 0 Å². The number of amides is 1. The third-order valence-electron chi connectivity index (χ3n) is 2.43. The number of H-pyrrole nitrogens is 1. The second-order valence-electron chi connectivity index (χ2n) is 4.87. The molecule has 0 aromatic carbocycles. The van der Waals surface area contributed by atoms with Crippen LogP contribution in [0.15, 0.2) is 0 Å². The van der Waals surface area contributed by atoms with Crippen LogP contribution in [0.2, 0.25) is 0 Å². The summed E-state index contributed by atoms with van der Waals surface area (Å²) in [4.78, 5) is 17.7. The Hall–Kier alpha value is -1.43. The van der Waals surface area contributed by atoms with Crippen LogP contribution in [0.3, 0.4) is 0 Å². The molecule has 96 valence electrons. The first-order valence-electron chi connectivity index (χ1n) is 5.73. The van der Waals surface area contributed by atoms with Crippen molar-refractivity contribution in [1.29, 1.82) is 0 Å². The van der Waals surface area contributed by atoms with Crippen molar-refractivity contribution in [3.05, 3.63) is 11.6 Å². The van der Waals surface area contributed by atoms with Crippen molar-refractivity contribution in [3.8, 4) is 0 Å². The zero-order valence-corrected chi connectivity index (χ0v) is 10.8. The first-order chi connectivity index (χ1) is 7.90. The van der Waals surface area contributed by atoms with Crippen LogP contribution in [0, 0.1) is 0 Å². The van der Waals surface area contributed by atoms with Crippen molar-refractivity contribution < 1.29 is 9.90 Å². The molecule has 1 amide bonds. The Morgan fingerprint density at radius 3 is 2.53 bits per heavy atom. The molecular weight excluding hydrogens is 220 g/mol. The maximum atomic E-state index is 12.0. The third kappa shape index (κ3) is 3.26. The molecule has 1 heterocycles. The Balaban J connectivity index is 2.86. The zero-order chi connectivity index (χ0) is 13.1. The van der Waals surface area contributed by atoms with Gasteiger partial charge in [0, 0.05) is 18.5 Å². The van der Waals surface area contributed by atoms with Crippen molar-refractivity contribution >= 4 is 5.91 Å². The Labute approximate surface area is 101 Å². The van der Waals surface area contributed by atoms with Gasteiger partial charge in [0.2, 0.25) is 5.82 Å². The monoisotopic (exact) mass is 240 g/mol. The smallest absolute Gasteiger partial charge is 0.293 e. The Morgan fingerprint density at radius 1 is 1.47 bits per heavy atom. The molecule has 0 aliphatic carbocycles. The SMILES string of the molecule is CCN(CCO)C(=O)c1n[nH]c(C(C)(C)C)n1.